The maximum Gasteiger partial charge on any atom is 0.226 e. The molecular formula is C25H26N2O2. The van der Waals surface area contributed by atoms with Gasteiger partial charge in [-0.2, -0.15) is 0 Å². The number of carbonyl (C=O) groups is 1. The zero-order valence-corrected chi connectivity index (χ0v) is 16.6. The Morgan fingerprint density at radius 1 is 1.00 bits per heavy atom. The summed E-state index contributed by atoms with van der Waals surface area (Å²) in [6.45, 7) is 3.02. The first-order valence-electron chi connectivity index (χ1n) is 10.2. The minimum atomic E-state index is 0.206. The number of piperidine rings is 1. The smallest absolute Gasteiger partial charge is 0.226 e. The molecule has 0 saturated carbocycles. The molecule has 0 unspecified atom stereocenters. The molecule has 4 heteroatoms. The number of carbonyl (C=O) groups excluding carboxylic acids is 1. The molecule has 1 fully saturated rings. The Morgan fingerprint density at radius 3 is 2.45 bits per heavy atom. The lowest BCUT2D eigenvalue weighted by molar-refractivity contribution is -0.130. The van der Waals surface area contributed by atoms with Crippen LogP contribution in [0.15, 0.2) is 71.2 Å². The van der Waals surface area contributed by atoms with Crippen LogP contribution in [0.2, 0.25) is 0 Å². The summed E-state index contributed by atoms with van der Waals surface area (Å²) in [6, 6.07) is 18.4. The number of ether oxygens (including phenoxy) is 1. The van der Waals surface area contributed by atoms with E-state index in [9.17, 15) is 4.79 Å². The van der Waals surface area contributed by atoms with Gasteiger partial charge in [-0.05, 0) is 36.1 Å². The normalized spacial score (nSPS) is 16.6. The highest BCUT2D eigenvalue weighted by molar-refractivity contribution is 5.95. The molecule has 0 radical (unpaired) electrons. The van der Waals surface area contributed by atoms with Crippen LogP contribution < -0.4 is 0 Å². The summed E-state index contributed by atoms with van der Waals surface area (Å²) in [5, 5.41) is 0. The molecule has 2 aromatic carbocycles. The van der Waals surface area contributed by atoms with Crippen molar-refractivity contribution in [3.05, 3.63) is 82.9 Å². The van der Waals surface area contributed by atoms with Crippen molar-refractivity contribution in [2.24, 2.45) is 4.99 Å². The molecule has 0 aliphatic carbocycles. The predicted molar refractivity (Wildman–Crippen MR) is 118 cm³/mol. The topological polar surface area (TPSA) is 41.9 Å². The van der Waals surface area contributed by atoms with Crippen LogP contribution in [0.4, 0.5) is 0 Å². The number of likely N-dealkylation sites (tertiary alicyclic amines) is 1. The van der Waals surface area contributed by atoms with Gasteiger partial charge in [0.1, 0.15) is 6.61 Å². The Morgan fingerprint density at radius 2 is 1.76 bits per heavy atom. The van der Waals surface area contributed by atoms with E-state index >= 15 is 0 Å². The molecule has 0 N–H and O–H groups in total. The summed E-state index contributed by atoms with van der Waals surface area (Å²) >= 11 is 0. The highest BCUT2D eigenvalue weighted by Gasteiger charge is 2.18. The largest absolute Gasteiger partial charge is 0.476 e. The summed E-state index contributed by atoms with van der Waals surface area (Å²) < 4.78 is 5.51. The van der Waals surface area contributed by atoms with Gasteiger partial charge in [0.25, 0.3) is 0 Å². The van der Waals surface area contributed by atoms with E-state index in [0.29, 0.717) is 13.0 Å². The zero-order chi connectivity index (χ0) is 19.9. The summed E-state index contributed by atoms with van der Waals surface area (Å²) in [4.78, 5) is 18.8. The Balaban J connectivity index is 1.27. The molecule has 2 aliphatic heterocycles. The molecule has 148 valence electrons. The van der Waals surface area contributed by atoms with Crippen molar-refractivity contribution in [3.8, 4) is 0 Å². The lowest BCUT2D eigenvalue weighted by Gasteiger charge is -2.28. The number of rotatable bonds is 5. The molecule has 0 atom stereocenters. The van der Waals surface area contributed by atoms with Gasteiger partial charge >= 0.3 is 0 Å². The zero-order valence-electron chi connectivity index (χ0n) is 16.6. The van der Waals surface area contributed by atoms with E-state index in [1.54, 1.807) is 0 Å². The lowest BCUT2D eigenvalue weighted by Crippen LogP contribution is -2.35. The quantitative estimate of drug-likeness (QED) is 0.755. The highest BCUT2D eigenvalue weighted by Crippen LogP contribution is 2.21. The molecule has 4 rings (SSSR count). The number of amides is 1. The maximum absolute atomic E-state index is 12.4. The minimum Gasteiger partial charge on any atom is -0.476 e. The highest BCUT2D eigenvalue weighted by atomic mass is 16.5. The van der Waals surface area contributed by atoms with Crippen LogP contribution in [-0.4, -0.2) is 42.9 Å². The van der Waals surface area contributed by atoms with Crippen LogP contribution in [0.1, 0.15) is 36.0 Å². The van der Waals surface area contributed by atoms with E-state index in [1.807, 2.05) is 47.4 Å². The second-order valence-electron chi connectivity index (χ2n) is 7.36. The SMILES string of the molecule is O=C(CC=Cc1ccccc1)N1CCC(=Cc2ccc(C3=NCCO3)cc2)CC1. The molecule has 2 heterocycles. The van der Waals surface area contributed by atoms with Gasteiger partial charge in [-0.1, -0.05) is 66.3 Å². The molecule has 1 saturated heterocycles. The van der Waals surface area contributed by atoms with Gasteiger partial charge in [0.15, 0.2) is 0 Å². The van der Waals surface area contributed by atoms with Crippen molar-refractivity contribution >= 4 is 24.0 Å². The molecule has 0 bridgehead atoms. The van der Waals surface area contributed by atoms with Crippen LogP contribution in [-0.2, 0) is 9.53 Å². The van der Waals surface area contributed by atoms with Crippen molar-refractivity contribution in [3.63, 3.8) is 0 Å². The number of nitrogens with zero attached hydrogens (tertiary/aromatic N) is 2. The van der Waals surface area contributed by atoms with Crippen LogP contribution in [0, 0.1) is 0 Å². The van der Waals surface area contributed by atoms with Gasteiger partial charge in [-0.3, -0.25) is 4.79 Å². The average Bonchev–Trinajstić information content (AvgIpc) is 3.30. The Labute approximate surface area is 172 Å². The lowest BCUT2D eigenvalue weighted by atomic mass is 10.00. The third-order valence-electron chi connectivity index (χ3n) is 5.27. The molecule has 0 aromatic heterocycles. The van der Waals surface area contributed by atoms with E-state index in [-0.39, 0.29) is 5.91 Å². The summed E-state index contributed by atoms with van der Waals surface area (Å²) in [5.74, 6) is 0.954. The van der Waals surface area contributed by atoms with Crippen LogP contribution >= 0.6 is 0 Å². The van der Waals surface area contributed by atoms with Crippen molar-refractivity contribution in [2.45, 2.75) is 19.3 Å². The van der Waals surface area contributed by atoms with Crippen LogP contribution in [0.25, 0.3) is 12.2 Å². The van der Waals surface area contributed by atoms with E-state index in [4.69, 9.17) is 4.74 Å². The molecule has 2 aliphatic rings. The molecular weight excluding hydrogens is 360 g/mol. The standard InChI is InChI=1S/C25H26N2O2/c28-24(8-4-7-20-5-2-1-3-6-20)27-16-13-22(14-17-27)19-21-9-11-23(12-10-21)25-26-15-18-29-25/h1-7,9-12,19H,8,13-18H2. The molecule has 1 amide bonds. The molecule has 2 aromatic rings. The van der Waals surface area contributed by atoms with E-state index in [0.717, 1.165) is 49.5 Å². The minimum absolute atomic E-state index is 0.206. The Kier molecular flexibility index (Phi) is 6.20. The van der Waals surface area contributed by atoms with Crippen LogP contribution in [0.5, 0.6) is 0 Å². The fraction of sp³-hybridized carbons (Fsp3) is 0.280. The first-order chi connectivity index (χ1) is 14.3. The molecule has 4 nitrogen and oxygen atoms in total. The van der Waals surface area contributed by atoms with E-state index < -0.39 is 0 Å². The number of aliphatic imine (C=N–C) groups is 1. The van der Waals surface area contributed by atoms with Crippen molar-refractivity contribution in [2.75, 3.05) is 26.2 Å². The predicted octanol–water partition coefficient (Wildman–Crippen LogP) is 4.57. The monoisotopic (exact) mass is 386 g/mol. The average molecular weight is 386 g/mol. The third-order valence-corrected chi connectivity index (χ3v) is 5.27. The van der Waals surface area contributed by atoms with Gasteiger partial charge in [0, 0.05) is 25.1 Å². The number of hydrogen-bond donors (Lipinski definition) is 0. The summed E-state index contributed by atoms with van der Waals surface area (Å²) in [5.41, 5.74) is 4.75. The van der Waals surface area contributed by atoms with E-state index in [1.165, 1.54) is 11.1 Å². The summed E-state index contributed by atoms with van der Waals surface area (Å²) in [6.07, 6.45) is 8.55. The van der Waals surface area contributed by atoms with Gasteiger partial charge < -0.3 is 9.64 Å². The fourth-order valence-corrected chi connectivity index (χ4v) is 3.64. The van der Waals surface area contributed by atoms with E-state index in [2.05, 4.69) is 35.3 Å². The van der Waals surface area contributed by atoms with Gasteiger partial charge in [-0.25, -0.2) is 4.99 Å². The maximum atomic E-state index is 12.4. The number of benzene rings is 2. The second kappa shape index (κ2) is 9.37. The third kappa shape index (κ3) is 5.23. The number of hydrogen-bond acceptors (Lipinski definition) is 3. The first kappa shape index (κ1) is 19.2. The fourth-order valence-electron chi connectivity index (χ4n) is 3.64. The van der Waals surface area contributed by atoms with Crippen molar-refractivity contribution in [1.82, 2.24) is 4.90 Å². The first-order valence-corrected chi connectivity index (χ1v) is 10.2. The second-order valence-corrected chi connectivity index (χ2v) is 7.36. The molecule has 0 spiro atoms. The van der Waals surface area contributed by atoms with Gasteiger partial charge in [0.2, 0.25) is 11.8 Å². The Bertz CT molecular complexity index is 917. The van der Waals surface area contributed by atoms with Gasteiger partial charge in [-0.15, -0.1) is 0 Å². The summed E-state index contributed by atoms with van der Waals surface area (Å²) in [7, 11) is 0. The van der Waals surface area contributed by atoms with Crippen molar-refractivity contribution < 1.29 is 9.53 Å². The van der Waals surface area contributed by atoms with Crippen molar-refractivity contribution in [1.29, 1.82) is 0 Å². The van der Waals surface area contributed by atoms with Gasteiger partial charge in [0.05, 0.1) is 6.54 Å². The van der Waals surface area contributed by atoms with Crippen LogP contribution in [0.3, 0.4) is 0 Å². The Hall–Kier alpha value is -3.14. The molecule has 29 heavy (non-hydrogen) atoms.